The van der Waals surface area contributed by atoms with E-state index in [1.54, 1.807) is 6.92 Å². The number of rotatable bonds is 3. The summed E-state index contributed by atoms with van der Waals surface area (Å²) in [6, 6.07) is 2.81. The number of nitro benzene ring substituents is 1. The van der Waals surface area contributed by atoms with Crippen LogP contribution >= 0.6 is 0 Å². The van der Waals surface area contributed by atoms with E-state index in [9.17, 15) is 18.9 Å². The third kappa shape index (κ3) is 2.51. The standard InChI is InChI=1S/C12H8F2N4O3/c1-6-7(5-15)12(17(2)16-6)21-11-4-8(13)10(18(19)20)3-9(11)14/h3-4H,1-2H3. The van der Waals surface area contributed by atoms with E-state index in [2.05, 4.69) is 5.10 Å². The van der Waals surface area contributed by atoms with Gasteiger partial charge in [-0.15, -0.1) is 0 Å². The van der Waals surface area contributed by atoms with Crippen molar-refractivity contribution < 1.29 is 18.4 Å². The van der Waals surface area contributed by atoms with Crippen LogP contribution < -0.4 is 4.74 Å². The number of nitrogens with zero attached hydrogens (tertiary/aromatic N) is 4. The van der Waals surface area contributed by atoms with Crippen LogP contribution in [0.15, 0.2) is 12.1 Å². The number of aryl methyl sites for hydroxylation is 2. The molecule has 0 unspecified atom stereocenters. The Kier molecular flexibility index (Phi) is 3.54. The molecule has 0 aliphatic heterocycles. The fourth-order valence-corrected chi connectivity index (χ4v) is 1.72. The zero-order valence-corrected chi connectivity index (χ0v) is 10.9. The minimum absolute atomic E-state index is 0.0654. The molecule has 0 N–H and O–H groups in total. The number of nitro groups is 1. The fourth-order valence-electron chi connectivity index (χ4n) is 1.72. The molecule has 0 saturated carbocycles. The van der Waals surface area contributed by atoms with E-state index in [4.69, 9.17) is 10.00 Å². The lowest BCUT2D eigenvalue weighted by Crippen LogP contribution is -2.00. The van der Waals surface area contributed by atoms with Crippen molar-refractivity contribution in [3.8, 4) is 17.7 Å². The first kappa shape index (κ1) is 14.4. The van der Waals surface area contributed by atoms with Gasteiger partial charge in [-0.2, -0.15) is 14.8 Å². The maximum atomic E-state index is 13.7. The Bertz CT molecular complexity index is 780. The monoisotopic (exact) mass is 294 g/mol. The lowest BCUT2D eigenvalue weighted by atomic mass is 10.2. The average Bonchev–Trinajstić information content (AvgIpc) is 2.67. The van der Waals surface area contributed by atoms with Crippen LogP contribution in [0.4, 0.5) is 14.5 Å². The third-order valence-electron chi connectivity index (χ3n) is 2.69. The molecule has 108 valence electrons. The molecule has 0 radical (unpaired) electrons. The molecule has 0 fully saturated rings. The van der Waals surface area contributed by atoms with Gasteiger partial charge < -0.3 is 4.74 Å². The van der Waals surface area contributed by atoms with Gasteiger partial charge in [0.05, 0.1) is 16.7 Å². The van der Waals surface area contributed by atoms with Crippen molar-refractivity contribution in [2.24, 2.45) is 7.05 Å². The maximum Gasteiger partial charge on any atom is 0.307 e. The molecule has 1 aromatic heterocycles. The highest BCUT2D eigenvalue weighted by molar-refractivity contribution is 5.46. The Morgan fingerprint density at radius 3 is 2.67 bits per heavy atom. The molecule has 1 aromatic carbocycles. The van der Waals surface area contributed by atoms with Crippen molar-refractivity contribution in [2.45, 2.75) is 6.92 Å². The van der Waals surface area contributed by atoms with Crippen LogP contribution in [0.5, 0.6) is 11.6 Å². The van der Waals surface area contributed by atoms with Crippen LogP contribution in [-0.2, 0) is 7.05 Å². The molecule has 0 atom stereocenters. The molecule has 9 heteroatoms. The van der Waals surface area contributed by atoms with Crippen molar-refractivity contribution in [2.75, 3.05) is 0 Å². The van der Waals surface area contributed by atoms with Crippen molar-refractivity contribution in [1.29, 1.82) is 5.26 Å². The number of nitriles is 1. The van der Waals surface area contributed by atoms with E-state index < -0.39 is 28.0 Å². The molecule has 2 aromatic rings. The largest absolute Gasteiger partial charge is 0.435 e. The van der Waals surface area contributed by atoms with Gasteiger partial charge in [0.2, 0.25) is 11.7 Å². The van der Waals surface area contributed by atoms with Crippen molar-refractivity contribution in [3.63, 3.8) is 0 Å². The number of benzene rings is 1. The van der Waals surface area contributed by atoms with E-state index in [-0.39, 0.29) is 11.4 Å². The molecule has 0 spiro atoms. The van der Waals surface area contributed by atoms with E-state index in [1.807, 2.05) is 6.07 Å². The highest BCUT2D eigenvalue weighted by Gasteiger charge is 2.22. The Hall–Kier alpha value is -3.02. The van der Waals surface area contributed by atoms with Crippen molar-refractivity contribution >= 4 is 5.69 Å². The molecular weight excluding hydrogens is 286 g/mol. The maximum absolute atomic E-state index is 13.7. The molecule has 0 aliphatic rings. The molecule has 21 heavy (non-hydrogen) atoms. The third-order valence-corrected chi connectivity index (χ3v) is 2.69. The van der Waals surface area contributed by atoms with Gasteiger partial charge in [0.25, 0.3) is 0 Å². The number of ether oxygens (including phenoxy) is 1. The van der Waals surface area contributed by atoms with Crippen LogP contribution in [0.25, 0.3) is 0 Å². The summed E-state index contributed by atoms with van der Waals surface area (Å²) in [6.07, 6.45) is 0. The normalized spacial score (nSPS) is 10.2. The molecule has 0 aliphatic carbocycles. The number of hydrogen-bond donors (Lipinski definition) is 0. The SMILES string of the molecule is Cc1nn(C)c(Oc2cc(F)c([N+](=O)[O-])cc2F)c1C#N. The van der Waals surface area contributed by atoms with Crippen LogP contribution in [0.2, 0.25) is 0 Å². The van der Waals surface area contributed by atoms with Crippen LogP contribution in [0, 0.1) is 40.0 Å². The molecule has 7 nitrogen and oxygen atoms in total. The highest BCUT2D eigenvalue weighted by atomic mass is 19.1. The number of halogens is 2. The lowest BCUT2D eigenvalue weighted by Gasteiger charge is -2.07. The van der Waals surface area contributed by atoms with Gasteiger partial charge in [0, 0.05) is 13.1 Å². The Morgan fingerprint density at radius 2 is 2.10 bits per heavy atom. The van der Waals surface area contributed by atoms with E-state index in [0.717, 1.165) is 0 Å². The van der Waals surface area contributed by atoms with Gasteiger partial charge in [0.15, 0.2) is 11.6 Å². The summed E-state index contributed by atoms with van der Waals surface area (Å²) < 4.78 is 33.6. The van der Waals surface area contributed by atoms with Crippen LogP contribution in [0.3, 0.4) is 0 Å². The Labute approximate surface area is 117 Å². The molecular formula is C12H8F2N4O3. The smallest absolute Gasteiger partial charge is 0.307 e. The first-order valence-corrected chi connectivity index (χ1v) is 5.60. The summed E-state index contributed by atoms with van der Waals surface area (Å²) in [5.41, 5.74) is -0.574. The Balaban J connectivity index is 2.49. The summed E-state index contributed by atoms with van der Waals surface area (Å²) in [5, 5.41) is 23.4. The summed E-state index contributed by atoms with van der Waals surface area (Å²) in [6.45, 7) is 1.55. The van der Waals surface area contributed by atoms with E-state index >= 15 is 0 Å². The second-order valence-electron chi connectivity index (χ2n) is 4.09. The molecule has 2 rings (SSSR count). The van der Waals surface area contributed by atoms with E-state index in [1.165, 1.54) is 11.7 Å². The van der Waals surface area contributed by atoms with Crippen LogP contribution in [-0.4, -0.2) is 14.7 Å². The van der Waals surface area contributed by atoms with Crippen molar-refractivity contribution in [3.05, 3.63) is 45.1 Å². The summed E-state index contributed by atoms with van der Waals surface area (Å²) in [7, 11) is 1.46. The van der Waals surface area contributed by atoms with Gasteiger partial charge in [-0.25, -0.2) is 9.07 Å². The van der Waals surface area contributed by atoms with Gasteiger partial charge >= 0.3 is 5.69 Å². The summed E-state index contributed by atoms with van der Waals surface area (Å²) in [5.74, 6) is -3.01. The topological polar surface area (TPSA) is 94.0 Å². The second kappa shape index (κ2) is 5.16. The van der Waals surface area contributed by atoms with Gasteiger partial charge in [-0.3, -0.25) is 10.1 Å². The Morgan fingerprint density at radius 1 is 1.43 bits per heavy atom. The molecule has 0 amide bonds. The van der Waals surface area contributed by atoms with Crippen molar-refractivity contribution in [1.82, 2.24) is 9.78 Å². The first-order chi connectivity index (χ1) is 9.85. The zero-order chi connectivity index (χ0) is 15.7. The number of hydrogen-bond acceptors (Lipinski definition) is 5. The first-order valence-electron chi connectivity index (χ1n) is 5.60. The summed E-state index contributed by atoms with van der Waals surface area (Å²) in [4.78, 5) is 9.46. The quantitative estimate of drug-likeness (QED) is 0.640. The van der Waals surface area contributed by atoms with Gasteiger partial charge in [0.1, 0.15) is 11.6 Å². The van der Waals surface area contributed by atoms with Gasteiger partial charge in [-0.1, -0.05) is 0 Å². The molecule has 1 heterocycles. The predicted molar refractivity (Wildman–Crippen MR) is 65.7 cm³/mol. The number of aromatic nitrogens is 2. The minimum Gasteiger partial charge on any atom is -0.435 e. The lowest BCUT2D eigenvalue weighted by molar-refractivity contribution is -0.387. The molecule has 0 bridgehead atoms. The molecule has 0 saturated heterocycles. The fraction of sp³-hybridized carbons (Fsp3) is 0.167. The van der Waals surface area contributed by atoms with E-state index in [0.29, 0.717) is 17.8 Å². The van der Waals surface area contributed by atoms with Gasteiger partial charge in [-0.05, 0) is 6.92 Å². The highest BCUT2D eigenvalue weighted by Crippen LogP contribution is 2.32. The minimum atomic E-state index is -1.24. The van der Waals surface area contributed by atoms with Crippen LogP contribution in [0.1, 0.15) is 11.3 Å². The second-order valence-corrected chi connectivity index (χ2v) is 4.09. The average molecular weight is 294 g/mol. The summed E-state index contributed by atoms with van der Waals surface area (Å²) >= 11 is 0. The predicted octanol–water partition coefficient (Wildman–Crippen LogP) is 2.58. The zero-order valence-electron chi connectivity index (χ0n) is 10.9.